The zero-order chi connectivity index (χ0) is 19.0. The first kappa shape index (κ1) is 17.3. The average Bonchev–Trinajstić information content (AvgIpc) is 2.67. The lowest BCUT2D eigenvalue weighted by Gasteiger charge is -2.31. The zero-order valence-corrected chi connectivity index (χ0v) is 15.7. The largest absolute Gasteiger partial charge is 0.481 e. The predicted octanol–water partition coefficient (Wildman–Crippen LogP) is 3.17. The number of aromatic nitrogens is 3. The van der Waals surface area contributed by atoms with Gasteiger partial charge in [-0.25, -0.2) is 9.97 Å². The van der Waals surface area contributed by atoms with Crippen molar-refractivity contribution >= 4 is 10.9 Å². The van der Waals surface area contributed by atoms with Crippen LogP contribution in [0.4, 0.5) is 0 Å². The fourth-order valence-electron chi connectivity index (χ4n) is 3.39. The molecule has 27 heavy (non-hydrogen) atoms. The van der Waals surface area contributed by atoms with Crippen molar-refractivity contribution in [2.45, 2.75) is 33.2 Å². The quantitative estimate of drug-likeness (QED) is 0.626. The highest BCUT2D eigenvalue weighted by atomic mass is 16.5. The van der Waals surface area contributed by atoms with Crippen LogP contribution in [0.25, 0.3) is 10.9 Å². The van der Waals surface area contributed by atoms with Crippen LogP contribution in [-0.4, -0.2) is 21.6 Å². The van der Waals surface area contributed by atoms with Gasteiger partial charge in [0.05, 0.1) is 18.0 Å². The molecular formula is C22H21N3O2. The molecule has 3 heterocycles. The molecule has 2 aromatic heterocycles. The van der Waals surface area contributed by atoms with Gasteiger partial charge >= 0.3 is 0 Å². The van der Waals surface area contributed by atoms with E-state index in [0.717, 1.165) is 24.2 Å². The molecule has 0 unspecified atom stereocenters. The SMILES string of the molecule is COc1cccc(C#Cc2ccc3c(=O)n4c(nc3c2)CCC(C)(C)C4)n1. The van der Waals surface area contributed by atoms with Crippen LogP contribution in [0.2, 0.25) is 0 Å². The van der Waals surface area contributed by atoms with Gasteiger partial charge in [0.1, 0.15) is 11.5 Å². The van der Waals surface area contributed by atoms with Crippen LogP contribution in [0.15, 0.2) is 41.2 Å². The van der Waals surface area contributed by atoms with Crippen LogP contribution in [0.1, 0.15) is 37.4 Å². The van der Waals surface area contributed by atoms with E-state index in [9.17, 15) is 4.79 Å². The van der Waals surface area contributed by atoms with Crippen LogP contribution < -0.4 is 10.3 Å². The molecule has 136 valence electrons. The molecule has 0 radical (unpaired) electrons. The number of pyridine rings is 1. The molecule has 0 spiro atoms. The van der Waals surface area contributed by atoms with Crippen molar-refractivity contribution in [3.05, 3.63) is 63.8 Å². The number of hydrogen-bond donors (Lipinski definition) is 0. The Morgan fingerprint density at radius 2 is 2.00 bits per heavy atom. The van der Waals surface area contributed by atoms with E-state index < -0.39 is 0 Å². The van der Waals surface area contributed by atoms with E-state index in [1.807, 2.05) is 34.9 Å². The summed E-state index contributed by atoms with van der Waals surface area (Å²) in [5, 5.41) is 0.640. The molecule has 0 saturated carbocycles. The third-order valence-corrected chi connectivity index (χ3v) is 4.91. The molecule has 1 aliphatic heterocycles. The lowest BCUT2D eigenvalue weighted by molar-refractivity contribution is 0.240. The maximum atomic E-state index is 12.9. The number of ether oxygens (including phenoxy) is 1. The van der Waals surface area contributed by atoms with Crippen LogP contribution in [0, 0.1) is 17.3 Å². The van der Waals surface area contributed by atoms with E-state index in [2.05, 4.69) is 30.7 Å². The fourth-order valence-corrected chi connectivity index (χ4v) is 3.39. The molecule has 0 atom stereocenters. The standard InChI is InChI=1S/C22H21N3O2/c1-22(2)12-11-19-24-18-13-15(8-10-17(18)21(26)25(19)14-22)7-9-16-5-4-6-20(23-16)27-3/h4-6,8,10,13H,11-12,14H2,1-3H3. The van der Waals surface area contributed by atoms with E-state index in [-0.39, 0.29) is 11.0 Å². The first-order valence-electron chi connectivity index (χ1n) is 9.02. The molecule has 5 nitrogen and oxygen atoms in total. The molecule has 0 N–H and O–H groups in total. The van der Waals surface area contributed by atoms with Crippen LogP contribution in [0.3, 0.4) is 0 Å². The number of rotatable bonds is 1. The third kappa shape index (κ3) is 3.43. The van der Waals surface area contributed by atoms with Gasteiger partial charge in [0.15, 0.2) is 0 Å². The van der Waals surface area contributed by atoms with Crippen molar-refractivity contribution in [3.63, 3.8) is 0 Å². The molecule has 0 saturated heterocycles. The number of methoxy groups -OCH3 is 1. The van der Waals surface area contributed by atoms with Crippen LogP contribution in [-0.2, 0) is 13.0 Å². The van der Waals surface area contributed by atoms with E-state index in [1.54, 1.807) is 13.2 Å². The lowest BCUT2D eigenvalue weighted by Crippen LogP contribution is -2.36. The lowest BCUT2D eigenvalue weighted by atomic mass is 9.85. The molecule has 0 aliphatic carbocycles. The zero-order valence-electron chi connectivity index (χ0n) is 15.7. The molecular weight excluding hydrogens is 338 g/mol. The molecule has 0 bridgehead atoms. The van der Waals surface area contributed by atoms with Crippen LogP contribution in [0.5, 0.6) is 5.88 Å². The van der Waals surface area contributed by atoms with E-state index >= 15 is 0 Å². The molecule has 4 rings (SSSR count). The van der Waals surface area contributed by atoms with Gasteiger partial charge in [-0.1, -0.05) is 25.8 Å². The van der Waals surface area contributed by atoms with Gasteiger partial charge < -0.3 is 4.74 Å². The third-order valence-electron chi connectivity index (χ3n) is 4.91. The van der Waals surface area contributed by atoms with Crippen LogP contribution >= 0.6 is 0 Å². The number of hydrogen-bond acceptors (Lipinski definition) is 4. The van der Waals surface area contributed by atoms with Crippen molar-refractivity contribution < 1.29 is 4.74 Å². The Kier molecular flexibility index (Phi) is 4.19. The second-order valence-corrected chi connectivity index (χ2v) is 7.63. The minimum Gasteiger partial charge on any atom is -0.481 e. The van der Waals surface area contributed by atoms with Gasteiger partial charge in [-0.3, -0.25) is 9.36 Å². The Balaban J connectivity index is 1.74. The first-order valence-corrected chi connectivity index (χ1v) is 9.02. The Hall–Kier alpha value is -3.13. The van der Waals surface area contributed by atoms with E-state index in [1.165, 1.54) is 0 Å². The highest BCUT2D eigenvalue weighted by molar-refractivity contribution is 5.79. The monoisotopic (exact) mass is 359 g/mol. The van der Waals surface area contributed by atoms with Gasteiger partial charge in [-0.2, -0.15) is 0 Å². The number of aryl methyl sites for hydroxylation is 1. The normalized spacial score (nSPS) is 14.9. The van der Waals surface area contributed by atoms with Crippen molar-refractivity contribution in [3.8, 4) is 17.7 Å². The van der Waals surface area contributed by atoms with Gasteiger partial charge in [0.2, 0.25) is 5.88 Å². The second kappa shape index (κ2) is 6.55. The van der Waals surface area contributed by atoms with Gasteiger partial charge in [0.25, 0.3) is 5.56 Å². The summed E-state index contributed by atoms with van der Waals surface area (Å²) in [6.07, 6.45) is 1.85. The smallest absolute Gasteiger partial charge is 0.261 e. The van der Waals surface area contributed by atoms with E-state index in [0.29, 0.717) is 29.0 Å². The molecule has 0 amide bonds. The first-order chi connectivity index (χ1) is 12.9. The summed E-state index contributed by atoms with van der Waals surface area (Å²) in [6, 6.07) is 11.0. The fraction of sp³-hybridized carbons (Fsp3) is 0.318. The topological polar surface area (TPSA) is 57.0 Å². The van der Waals surface area contributed by atoms with Crippen molar-refractivity contribution in [1.82, 2.24) is 14.5 Å². The maximum Gasteiger partial charge on any atom is 0.261 e. The Bertz CT molecular complexity index is 1150. The molecule has 0 fully saturated rings. The number of nitrogens with zero attached hydrogens (tertiary/aromatic N) is 3. The van der Waals surface area contributed by atoms with Gasteiger partial charge in [-0.15, -0.1) is 0 Å². The summed E-state index contributed by atoms with van der Waals surface area (Å²) in [5.74, 6) is 7.53. The summed E-state index contributed by atoms with van der Waals surface area (Å²) in [7, 11) is 1.58. The summed E-state index contributed by atoms with van der Waals surface area (Å²) < 4.78 is 6.95. The summed E-state index contributed by atoms with van der Waals surface area (Å²) in [4.78, 5) is 21.9. The maximum absolute atomic E-state index is 12.9. The molecule has 5 heteroatoms. The summed E-state index contributed by atoms with van der Waals surface area (Å²) in [6.45, 7) is 5.10. The average molecular weight is 359 g/mol. The minimum atomic E-state index is 0.0387. The number of fused-ring (bicyclic) bond motifs is 2. The van der Waals surface area contributed by atoms with Gasteiger partial charge in [0, 0.05) is 24.6 Å². The van der Waals surface area contributed by atoms with Crippen molar-refractivity contribution in [2.24, 2.45) is 5.41 Å². The summed E-state index contributed by atoms with van der Waals surface area (Å²) >= 11 is 0. The minimum absolute atomic E-state index is 0.0387. The van der Waals surface area contributed by atoms with Gasteiger partial charge in [-0.05, 0) is 42.0 Å². The molecule has 3 aromatic rings. The molecule has 1 aliphatic rings. The highest BCUT2D eigenvalue weighted by Crippen LogP contribution is 2.29. The van der Waals surface area contributed by atoms with Crippen molar-refractivity contribution in [2.75, 3.05) is 7.11 Å². The Morgan fingerprint density at radius 1 is 1.15 bits per heavy atom. The summed E-state index contributed by atoms with van der Waals surface area (Å²) in [5.41, 5.74) is 2.31. The second-order valence-electron chi connectivity index (χ2n) is 7.63. The Labute approximate surface area is 158 Å². The molecule has 1 aromatic carbocycles. The predicted molar refractivity (Wildman–Crippen MR) is 105 cm³/mol. The van der Waals surface area contributed by atoms with E-state index in [4.69, 9.17) is 9.72 Å². The van der Waals surface area contributed by atoms with Crippen molar-refractivity contribution in [1.29, 1.82) is 0 Å². The Morgan fingerprint density at radius 3 is 2.81 bits per heavy atom. The highest BCUT2D eigenvalue weighted by Gasteiger charge is 2.27. The number of benzene rings is 1.